The van der Waals surface area contributed by atoms with Gasteiger partial charge in [0.1, 0.15) is 24.2 Å². The fourth-order valence-electron chi connectivity index (χ4n) is 2.36. The first-order chi connectivity index (χ1) is 14.3. The number of carbonyl (C=O) groups excluding carboxylic acids is 1. The molecule has 0 aliphatic heterocycles. The molecule has 0 aliphatic carbocycles. The lowest BCUT2D eigenvalue weighted by molar-refractivity contribution is -0.114. The van der Waals surface area contributed by atoms with Gasteiger partial charge in [-0.1, -0.05) is 6.07 Å². The van der Waals surface area contributed by atoms with Gasteiger partial charge < -0.3 is 20.7 Å². The van der Waals surface area contributed by atoms with Crippen LogP contribution >= 0.6 is 0 Å². The summed E-state index contributed by atoms with van der Waals surface area (Å²) < 4.78 is 58.6. The molecule has 2 rings (SSSR count). The minimum Gasteiger partial charge on any atom is -0.489 e. The normalized spacial score (nSPS) is 12.3. The van der Waals surface area contributed by atoms with Crippen molar-refractivity contribution in [1.29, 1.82) is 0 Å². The number of ether oxygens (including phenoxy) is 1. The number of anilines is 1. The molecule has 0 saturated heterocycles. The van der Waals surface area contributed by atoms with Crippen molar-refractivity contribution in [3.05, 3.63) is 59.7 Å². The van der Waals surface area contributed by atoms with Crippen LogP contribution in [0, 0.1) is 23.3 Å². The molecule has 0 fully saturated rings. The summed E-state index contributed by atoms with van der Waals surface area (Å²) in [6.45, 7) is 3.99. The standard InChI is InChI=1S/C20H22F4N4O2/c1-3-25-20(26-10-12(2)30-14-6-4-5-13(21)9-14)27-11-17(29)28-16-8-7-15(22)18(23)19(16)24/h4-9,12H,3,10-11H2,1-2H3,(H,28,29)(H2,25,26,27). The third-order valence-corrected chi connectivity index (χ3v) is 3.72. The van der Waals surface area contributed by atoms with Crippen LogP contribution in [0.5, 0.6) is 5.75 Å². The summed E-state index contributed by atoms with van der Waals surface area (Å²) in [5.74, 6) is -4.98. The number of guanidine groups is 1. The second kappa shape index (κ2) is 11.0. The number of hydrogen-bond donors (Lipinski definition) is 3. The zero-order valence-electron chi connectivity index (χ0n) is 16.4. The van der Waals surface area contributed by atoms with E-state index >= 15 is 0 Å². The van der Waals surface area contributed by atoms with Crippen LogP contribution in [-0.2, 0) is 4.79 Å². The summed E-state index contributed by atoms with van der Waals surface area (Å²) in [4.78, 5) is 16.0. The first-order valence-electron chi connectivity index (χ1n) is 9.18. The molecule has 0 bridgehead atoms. The third-order valence-electron chi connectivity index (χ3n) is 3.72. The second-order valence-corrected chi connectivity index (χ2v) is 6.23. The number of rotatable bonds is 8. The average molecular weight is 426 g/mol. The molecule has 0 aromatic heterocycles. The van der Waals surface area contributed by atoms with E-state index in [4.69, 9.17) is 4.74 Å². The van der Waals surface area contributed by atoms with E-state index in [1.165, 1.54) is 18.2 Å². The molecule has 30 heavy (non-hydrogen) atoms. The molecule has 1 atom stereocenters. The van der Waals surface area contributed by atoms with Crippen LogP contribution in [0.3, 0.4) is 0 Å². The van der Waals surface area contributed by atoms with Crippen LogP contribution in [0.1, 0.15) is 13.8 Å². The Balaban J connectivity index is 1.90. The highest BCUT2D eigenvalue weighted by Crippen LogP contribution is 2.19. The first-order valence-corrected chi connectivity index (χ1v) is 9.18. The quantitative estimate of drug-likeness (QED) is 0.262. The maximum Gasteiger partial charge on any atom is 0.246 e. The molecule has 2 aromatic carbocycles. The van der Waals surface area contributed by atoms with Gasteiger partial charge >= 0.3 is 0 Å². The van der Waals surface area contributed by atoms with Gasteiger partial charge in [-0.2, -0.15) is 0 Å². The highest BCUT2D eigenvalue weighted by atomic mass is 19.2. The predicted molar refractivity (Wildman–Crippen MR) is 105 cm³/mol. The summed E-state index contributed by atoms with van der Waals surface area (Å²) >= 11 is 0. The number of amides is 1. The molecule has 1 unspecified atom stereocenters. The minimum atomic E-state index is -1.67. The zero-order valence-corrected chi connectivity index (χ0v) is 16.4. The van der Waals surface area contributed by atoms with E-state index in [9.17, 15) is 22.4 Å². The molecule has 0 radical (unpaired) electrons. The van der Waals surface area contributed by atoms with Gasteiger partial charge in [-0.25, -0.2) is 22.6 Å². The summed E-state index contributed by atoms with van der Waals surface area (Å²) in [5, 5.41) is 8.01. The maximum absolute atomic E-state index is 13.6. The van der Waals surface area contributed by atoms with E-state index in [2.05, 4.69) is 20.9 Å². The average Bonchev–Trinajstić information content (AvgIpc) is 2.70. The van der Waals surface area contributed by atoms with Crippen molar-refractivity contribution < 1.29 is 27.1 Å². The van der Waals surface area contributed by atoms with Gasteiger partial charge in [0, 0.05) is 12.6 Å². The third kappa shape index (κ3) is 6.94. The molecule has 10 heteroatoms. The van der Waals surface area contributed by atoms with Crippen LogP contribution in [0.25, 0.3) is 0 Å². The number of nitrogens with one attached hydrogen (secondary N) is 3. The van der Waals surface area contributed by atoms with Gasteiger partial charge in [0.25, 0.3) is 0 Å². The van der Waals surface area contributed by atoms with Crippen LogP contribution in [0.4, 0.5) is 23.2 Å². The highest BCUT2D eigenvalue weighted by molar-refractivity contribution is 5.94. The summed E-state index contributed by atoms with van der Waals surface area (Å²) in [7, 11) is 0. The molecule has 1 amide bonds. The van der Waals surface area contributed by atoms with E-state index in [0.29, 0.717) is 24.9 Å². The molecule has 6 nitrogen and oxygen atoms in total. The van der Waals surface area contributed by atoms with E-state index in [1.807, 2.05) is 6.92 Å². The number of halogens is 4. The summed E-state index contributed by atoms with van der Waals surface area (Å²) in [5.41, 5.74) is -0.482. The Hall–Kier alpha value is -3.30. The summed E-state index contributed by atoms with van der Waals surface area (Å²) in [6.07, 6.45) is -0.347. The minimum absolute atomic E-state index is 0.285. The molecule has 3 N–H and O–H groups in total. The fraction of sp³-hybridized carbons (Fsp3) is 0.300. The van der Waals surface area contributed by atoms with Gasteiger partial charge in [-0.15, -0.1) is 0 Å². The second-order valence-electron chi connectivity index (χ2n) is 6.23. The number of carbonyl (C=O) groups is 1. The predicted octanol–water partition coefficient (Wildman–Crippen LogP) is 3.20. The molecule has 0 heterocycles. The van der Waals surface area contributed by atoms with Gasteiger partial charge in [0.2, 0.25) is 5.91 Å². The molecule has 2 aromatic rings. The van der Waals surface area contributed by atoms with Crippen molar-refractivity contribution in [2.75, 3.05) is 25.0 Å². The van der Waals surface area contributed by atoms with E-state index < -0.39 is 41.4 Å². The lowest BCUT2D eigenvalue weighted by atomic mass is 10.3. The maximum atomic E-state index is 13.6. The Bertz CT molecular complexity index is 908. The van der Waals surface area contributed by atoms with Crippen LogP contribution in [0.2, 0.25) is 0 Å². The zero-order chi connectivity index (χ0) is 22.1. The smallest absolute Gasteiger partial charge is 0.246 e. The topological polar surface area (TPSA) is 74.8 Å². The molecule has 162 valence electrons. The van der Waals surface area contributed by atoms with Crippen LogP contribution < -0.4 is 20.7 Å². The van der Waals surface area contributed by atoms with Crippen molar-refractivity contribution >= 4 is 17.6 Å². The van der Waals surface area contributed by atoms with Crippen molar-refractivity contribution in [3.8, 4) is 5.75 Å². The SMILES string of the molecule is CCNC(=NCC(=O)Nc1ccc(F)c(F)c1F)NCC(C)Oc1cccc(F)c1. The lowest BCUT2D eigenvalue weighted by Gasteiger charge is -2.17. The Morgan fingerprint density at radius 2 is 1.87 bits per heavy atom. The largest absolute Gasteiger partial charge is 0.489 e. The number of benzene rings is 2. The molecule has 0 saturated carbocycles. The Morgan fingerprint density at radius 3 is 2.57 bits per heavy atom. The van der Waals surface area contributed by atoms with Gasteiger partial charge in [-0.3, -0.25) is 4.79 Å². The van der Waals surface area contributed by atoms with Crippen molar-refractivity contribution in [1.82, 2.24) is 10.6 Å². The Kier molecular flexibility index (Phi) is 8.45. The molecule has 0 aliphatic rings. The van der Waals surface area contributed by atoms with Gasteiger partial charge in [0.05, 0.1) is 12.2 Å². The van der Waals surface area contributed by atoms with E-state index in [1.54, 1.807) is 13.0 Å². The van der Waals surface area contributed by atoms with Crippen LogP contribution in [0.15, 0.2) is 41.4 Å². The number of nitrogens with zero attached hydrogens (tertiary/aromatic N) is 1. The van der Waals surface area contributed by atoms with Gasteiger partial charge in [-0.05, 0) is 38.1 Å². The van der Waals surface area contributed by atoms with E-state index in [-0.39, 0.29) is 12.1 Å². The van der Waals surface area contributed by atoms with Crippen molar-refractivity contribution in [3.63, 3.8) is 0 Å². The first kappa shape index (κ1) is 23.0. The number of hydrogen-bond acceptors (Lipinski definition) is 3. The number of aliphatic imine (C=N–C) groups is 1. The summed E-state index contributed by atoms with van der Waals surface area (Å²) in [6, 6.07) is 7.36. The highest BCUT2D eigenvalue weighted by Gasteiger charge is 2.15. The van der Waals surface area contributed by atoms with Gasteiger partial charge in [0.15, 0.2) is 23.4 Å². The van der Waals surface area contributed by atoms with Crippen molar-refractivity contribution in [2.45, 2.75) is 20.0 Å². The Labute approximate surface area is 171 Å². The fourth-order valence-corrected chi connectivity index (χ4v) is 2.36. The van der Waals surface area contributed by atoms with E-state index in [0.717, 1.165) is 6.07 Å². The Morgan fingerprint density at radius 1 is 1.10 bits per heavy atom. The monoisotopic (exact) mass is 426 g/mol. The lowest BCUT2D eigenvalue weighted by Crippen LogP contribution is -2.42. The molecular weight excluding hydrogens is 404 g/mol. The molecule has 0 spiro atoms. The van der Waals surface area contributed by atoms with Crippen LogP contribution in [-0.4, -0.2) is 37.6 Å². The molecular formula is C20H22F4N4O2. The van der Waals surface area contributed by atoms with Crippen molar-refractivity contribution in [2.24, 2.45) is 4.99 Å².